The van der Waals surface area contributed by atoms with Crippen molar-refractivity contribution in [2.24, 2.45) is 0 Å². The van der Waals surface area contributed by atoms with Gasteiger partial charge in [0.1, 0.15) is 11.9 Å². The molecule has 1 fully saturated rings. The summed E-state index contributed by atoms with van der Waals surface area (Å²) in [5.41, 5.74) is 1.92. The highest BCUT2D eigenvalue weighted by Crippen LogP contribution is 2.22. The highest BCUT2D eigenvalue weighted by molar-refractivity contribution is 5.89. The van der Waals surface area contributed by atoms with E-state index >= 15 is 0 Å². The van der Waals surface area contributed by atoms with Gasteiger partial charge in [0.05, 0.1) is 0 Å². The molecule has 3 aromatic carbocycles. The van der Waals surface area contributed by atoms with Crippen LogP contribution in [-0.4, -0.2) is 28.8 Å². The van der Waals surface area contributed by atoms with Gasteiger partial charge in [-0.2, -0.15) is 0 Å². The van der Waals surface area contributed by atoms with Crippen molar-refractivity contribution >= 4 is 22.6 Å². The summed E-state index contributed by atoms with van der Waals surface area (Å²) in [6, 6.07) is 20.0. The quantitative estimate of drug-likeness (QED) is 0.505. The summed E-state index contributed by atoms with van der Waals surface area (Å²) in [7, 11) is 0. The number of amides is 2. The molecule has 0 bridgehead atoms. The maximum Gasteiger partial charge on any atom is 0.242 e. The van der Waals surface area contributed by atoms with Crippen molar-refractivity contribution in [1.82, 2.24) is 10.2 Å². The Morgan fingerprint density at radius 2 is 1.70 bits per heavy atom. The fourth-order valence-electron chi connectivity index (χ4n) is 4.66. The van der Waals surface area contributed by atoms with Crippen LogP contribution in [0.4, 0.5) is 4.39 Å². The summed E-state index contributed by atoms with van der Waals surface area (Å²) in [4.78, 5) is 28.0. The van der Waals surface area contributed by atoms with E-state index in [4.69, 9.17) is 0 Å². The number of hydrogen-bond donors (Lipinski definition) is 1. The van der Waals surface area contributed by atoms with Gasteiger partial charge in [-0.1, -0.05) is 67.4 Å². The first kappa shape index (κ1) is 23.0. The largest absolute Gasteiger partial charge is 0.352 e. The standard InChI is InChI=1S/C28H31FN2O2/c1-20(28(33)30-25-10-3-4-11-25)31(19-21-13-16-24(29)17-14-21)27(32)18-15-23-9-6-8-22-7-2-5-12-26(22)23/h2,5-9,12-14,16-17,20,25H,3-4,10-11,15,18-19H2,1H3,(H,30,33)/t20-/m0/s1. The number of fused-ring (bicyclic) bond motifs is 1. The van der Waals surface area contributed by atoms with Crippen LogP contribution < -0.4 is 5.32 Å². The molecule has 4 nitrogen and oxygen atoms in total. The first-order chi connectivity index (χ1) is 16.0. The Hall–Kier alpha value is -3.21. The van der Waals surface area contributed by atoms with E-state index in [2.05, 4.69) is 29.6 Å². The van der Waals surface area contributed by atoms with Crippen LogP contribution in [0.5, 0.6) is 0 Å². The molecule has 1 atom stereocenters. The summed E-state index contributed by atoms with van der Waals surface area (Å²) >= 11 is 0. The molecule has 0 saturated heterocycles. The first-order valence-electron chi connectivity index (χ1n) is 11.8. The summed E-state index contributed by atoms with van der Waals surface area (Å²) in [5.74, 6) is -0.525. The molecule has 0 aliphatic heterocycles. The summed E-state index contributed by atoms with van der Waals surface area (Å²) in [6.45, 7) is 2.05. The second-order valence-electron chi connectivity index (χ2n) is 8.95. The topological polar surface area (TPSA) is 49.4 Å². The third-order valence-corrected chi connectivity index (χ3v) is 6.62. The highest BCUT2D eigenvalue weighted by atomic mass is 19.1. The summed E-state index contributed by atoms with van der Waals surface area (Å²) < 4.78 is 13.4. The third-order valence-electron chi connectivity index (χ3n) is 6.62. The summed E-state index contributed by atoms with van der Waals surface area (Å²) in [5, 5.41) is 5.41. The van der Waals surface area contributed by atoms with Crippen LogP contribution in [0.1, 0.15) is 50.2 Å². The van der Waals surface area contributed by atoms with Gasteiger partial charge in [-0.25, -0.2) is 4.39 Å². The minimum Gasteiger partial charge on any atom is -0.352 e. The zero-order chi connectivity index (χ0) is 23.2. The lowest BCUT2D eigenvalue weighted by atomic mass is 10.0. The van der Waals surface area contributed by atoms with Gasteiger partial charge < -0.3 is 10.2 Å². The van der Waals surface area contributed by atoms with Crippen molar-refractivity contribution in [2.75, 3.05) is 0 Å². The van der Waals surface area contributed by atoms with Crippen molar-refractivity contribution in [3.05, 3.63) is 83.7 Å². The lowest BCUT2D eigenvalue weighted by Gasteiger charge is -2.30. The van der Waals surface area contributed by atoms with E-state index < -0.39 is 6.04 Å². The molecule has 3 aromatic rings. The average Bonchev–Trinajstić information content (AvgIpc) is 3.34. The molecule has 0 heterocycles. The van der Waals surface area contributed by atoms with Crippen LogP contribution in [0.2, 0.25) is 0 Å². The molecule has 172 valence electrons. The number of halogens is 1. The van der Waals surface area contributed by atoms with Gasteiger partial charge in [0.25, 0.3) is 0 Å². The van der Waals surface area contributed by atoms with Gasteiger partial charge in [-0.05, 0) is 60.2 Å². The fourth-order valence-corrected chi connectivity index (χ4v) is 4.66. The molecule has 5 heteroatoms. The highest BCUT2D eigenvalue weighted by Gasteiger charge is 2.28. The predicted octanol–water partition coefficient (Wildman–Crippen LogP) is 5.39. The van der Waals surface area contributed by atoms with Gasteiger partial charge in [-0.15, -0.1) is 0 Å². The van der Waals surface area contributed by atoms with E-state index in [1.165, 1.54) is 12.1 Å². The van der Waals surface area contributed by atoms with Crippen molar-refractivity contribution < 1.29 is 14.0 Å². The van der Waals surface area contributed by atoms with Crippen LogP contribution >= 0.6 is 0 Å². The average molecular weight is 447 g/mol. The van der Waals surface area contributed by atoms with Crippen LogP contribution in [0.25, 0.3) is 10.8 Å². The lowest BCUT2D eigenvalue weighted by molar-refractivity contribution is -0.140. The second kappa shape index (κ2) is 10.6. The second-order valence-corrected chi connectivity index (χ2v) is 8.95. The Morgan fingerprint density at radius 3 is 2.45 bits per heavy atom. The van der Waals surface area contributed by atoms with E-state index in [0.717, 1.165) is 47.6 Å². The summed E-state index contributed by atoms with van der Waals surface area (Å²) in [6.07, 6.45) is 5.13. The number of aryl methyl sites for hydroxylation is 1. The monoisotopic (exact) mass is 446 g/mol. The first-order valence-corrected chi connectivity index (χ1v) is 11.8. The molecule has 1 aliphatic rings. The lowest BCUT2D eigenvalue weighted by Crippen LogP contribution is -2.49. The number of carbonyl (C=O) groups is 2. The minimum absolute atomic E-state index is 0.0821. The Kier molecular flexibility index (Phi) is 7.38. The molecule has 0 unspecified atom stereocenters. The number of rotatable bonds is 8. The van der Waals surface area contributed by atoms with Crippen LogP contribution in [-0.2, 0) is 22.6 Å². The molecule has 0 aromatic heterocycles. The maximum absolute atomic E-state index is 13.4. The van der Waals surface area contributed by atoms with Gasteiger partial charge >= 0.3 is 0 Å². The molecular weight excluding hydrogens is 415 g/mol. The molecule has 1 aliphatic carbocycles. The molecule has 1 saturated carbocycles. The number of benzene rings is 3. The van der Waals surface area contributed by atoms with Crippen LogP contribution in [0.3, 0.4) is 0 Å². The Bertz CT molecular complexity index is 1100. The Balaban J connectivity index is 1.50. The van der Waals surface area contributed by atoms with E-state index in [1.54, 1.807) is 24.0 Å². The zero-order valence-electron chi connectivity index (χ0n) is 19.1. The van der Waals surface area contributed by atoms with Crippen molar-refractivity contribution in [1.29, 1.82) is 0 Å². The van der Waals surface area contributed by atoms with E-state index in [1.807, 2.05) is 18.2 Å². The van der Waals surface area contributed by atoms with Gasteiger partial charge in [-0.3, -0.25) is 9.59 Å². The molecule has 0 radical (unpaired) electrons. The van der Waals surface area contributed by atoms with Gasteiger partial charge in [0.15, 0.2) is 0 Å². The van der Waals surface area contributed by atoms with Crippen molar-refractivity contribution in [3.8, 4) is 0 Å². The molecular formula is C28H31FN2O2. The smallest absolute Gasteiger partial charge is 0.242 e. The van der Waals surface area contributed by atoms with Crippen LogP contribution in [0, 0.1) is 5.82 Å². The van der Waals surface area contributed by atoms with Gasteiger partial charge in [0, 0.05) is 19.0 Å². The number of hydrogen-bond acceptors (Lipinski definition) is 2. The molecule has 2 amide bonds. The normalized spacial score (nSPS) is 14.8. The Labute approximate surface area is 194 Å². The maximum atomic E-state index is 13.4. The predicted molar refractivity (Wildman–Crippen MR) is 129 cm³/mol. The molecule has 33 heavy (non-hydrogen) atoms. The third kappa shape index (κ3) is 5.78. The van der Waals surface area contributed by atoms with Crippen molar-refractivity contribution in [3.63, 3.8) is 0 Å². The zero-order valence-corrected chi connectivity index (χ0v) is 19.1. The van der Waals surface area contributed by atoms with Gasteiger partial charge in [0.2, 0.25) is 11.8 Å². The van der Waals surface area contributed by atoms with E-state index in [-0.39, 0.29) is 30.2 Å². The minimum atomic E-state index is -0.601. The SMILES string of the molecule is C[C@@H](C(=O)NC1CCCC1)N(Cc1ccc(F)cc1)C(=O)CCc1cccc2ccccc12. The van der Waals surface area contributed by atoms with Crippen LogP contribution in [0.15, 0.2) is 66.7 Å². The molecule has 0 spiro atoms. The number of nitrogens with one attached hydrogen (secondary N) is 1. The number of nitrogens with zero attached hydrogens (tertiary/aromatic N) is 1. The number of carbonyl (C=O) groups excluding carboxylic acids is 2. The van der Waals surface area contributed by atoms with E-state index in [0.29, 0.717) is 12.8 Å². The molecule has 1 N–H and O–H groups in total. The Morgan fingerprint density at radius 1 is 1.00 bits per heavy atom. The fraction of sp³-hybridized carbons (Fsp3) is 0.357. The van der Waals surface area contributed by atoms with E-state index in [9.17, 15) is 14.0 Å². The van der Waals surface area contributed by atoms with Crippen molar-refractivity contribution in [2.45, 2.75) is 64.1 Å². The molecule has 4 rings (SSSR count).